The number of nitro benzene ring substituents is 1. The smallest absolute Gasteiger partial charge is 0.284 e. The molecule has 4 rings (SSSR count). The number of carbonyl (C=O) groups excluding carboxylic acids is 1. The van der Waals surface area contributed by atoms with E-state index in [9.17, 15) is 14.9 Å². The Balaban J connectivity index is 1.53. The van der Waals surface area contributed by atoms with Crippen molar-refractivity contribution in [3.63, 3.8) is 0 Å². The molecule has 0 bridgehead atoms. The van der Waals surface area contributed by atoms with Gasteiger partial charge in [0.15, 0.2) is 16.7 Å². The lowest BCUT2D eigenvalue weighted by Crippen LogP contribution is -2.26. The number of rotatable bonds is 6. The number of carbonyl (C=O) groups is 1. The van der Waals surface area contributed by atoms with Crippen molar-refractivity contribution >= 4 is 23.4 Å². The third-order valence-electron chi connectivity index (χ3n) is 4.48. The molecular formula is C19H17N5O5S. The number of aromatic nitrogens is 3. The third kappa shape index (κ3) is 3.92. The van der Waals surface area contributed by atoms with Gasteiger partial charge in [0, 0.05) is 32.3 Å². The van der Waals surface area contributed by atoms with Gasteiger partial charge in [-0.1, -0.05) is 6.07 Å². The molecule has 1 aliphatic rings. The summed E-state index contributed by atoms with van der Waals surface area (Å²) in [5, 5.41) is 19.8. The Morgan fingerprint density at radius 3 is 2.80 bits per heavy atom. The topological polar surface area (TPSA) is 113 Å². The lowest BCUT2D eigenvalue weighted by Gasteiger charge is -2.18. The highest BCUT2D eigenvalue weighted by atomic mass is 32.2. The Morgan fingerprint density at radius 2 is 2.07 bits per heavy atom. The molecule has 0 radical (unpaired) electrons. The van der Waals surface area contributed by atoms with Crippen LogP contribution in [0.2, 0.25) is 0 Å². The molecule has 1 aromatic heterocycles. The van der Waals surface area contributed by atoms with E-state index in [-0.39, 0.29) is 24.0 Å². The van der Waals surface area contributed by atoms with Crippen molar-refractivity contribution < 1.29 is 19.2 Å². The summed E-state index contributed by atoms with van der Waals surface area (Å²) in [6.45, 7) is 0.495. The van der Waals surface area contributed by atoms with Crippen LogP contribution in [0.15, 0.2) is 52.8 Å². The van der Waals surface area contributed by atoms with Gasteiger partial charge in [-0.2, -0.15) is 0 Å². The molecule has 0 N–H and O–H groups in total. The maximum absolute atomic E-state index is 12.9. The predicted molar refractivity (Wildman–Crippen MR) is 107 cm³/mol. The van der Waals surface area contributed by atoms with E-state index in [2.05, 4.69) is 10.2 Å². The molecule has 154 valence electrons. The Labute approximate surface area is 175 Å². The number of benzene rings is 2. The number of nitrogens with zero attached hydrogens (tertiary/aromatic N) is 5. The van der Waals surface area contributed by atoms with E-state index >= 15 is 0 Å². The monoisotopic (exact) mass is 427 g/mol. The fraction of sp³-hybridized carbons (Fsp3) is 0.211. The van der Waals surface area contributed by atoms with Gasteiger partial charge < -0.3 is 18.9 Å². The standard InChI is InChI=1S/C19H17N5O5S/c1-22(9-12-3-5-15-16(7-12)29-11-28-15)18(25)13-4-6-17(14(8-13)24(26)27)30-19-21-20-10-23(19)2/h3-8,10H,9,11H2,1-2H3. The number of hydrogen-bond acceptors (Lipinski definition) is 8. The van der Waals surface area contributed by atoms with E-state index in [1.807, 2.05) is 12.1 Å². The maximum Gasteiger partial charge on any atom is 0.284 e. The van der Waals surface area contributed by atoms with Crippen LogP contribution >= 0.6 is 11.8 Å². The van der Waals surface area contributed by atoms with Crippen molar-refractivity contribution in [3.8, 4) is 11.5 Å². The Kier molecular flexibility index (Phi) is 5.27. The zero-order valence-corrected chi connectivity index (χ0v) is 17.0. The zero-order chi connectivity index (χ0) is 21.3. The van der Waals surface area contributed by atoms with Crippen LogP contribution in [-0.2, 0) is 13.6 Å². The first-order valence-electron chi connectivity index (χ1n) is 8.86. The highest BCUT2D eigenvalue weighted by molar-refractivity contribution is 7.99. The van der Waals surface area contributed by atoms with Crippen molar-refractivity contribution in [3.05, 3.63) is 64.0 Å². The first-order chi connectivity index (χ1) is 14.4. The van der Waals surface area contributed by atoms with E-state index in [4.69, 9.17) is 9.47 Å². The number of aryl methyl sites for hydroxylation is 1. The quantitative estimate of drug-likeness (QED) is 0.436. The molecule has 0 saturated heterocycles. The number of nitro groups is 1. The number of fused-ring (bicyclic) bond motifs is 1. The molecular weight excluding hydrogens is 410 g/mol. The summed E-state index contributed by atoms with van der Waals surface area (Å²) >= 11 is 1.12. The summed E-state index contributed by atoms with van der Waals surface area (Å²) in [6, 6.07) is 9.87. The first-order valence-corrected chi connectivity index (χ1v) is 9.68. The van der Waals surface area contributed by atoms with Crippen LogP contribution in [0, 0.1) is 10.1 Å². The highest BCUT2D eigenvalue weighted by Gasteiger charge is 2.22. The average Bonchev–Trinajstić information content (AvgIpc) is 3.36. The summed E-state index contributed by atoms with van der Waals surface area (Å²) in [6.07, 6.45) is 1.51. The maximum atomic E-state index is 12.9. The van der Waals surface area contributed by atoms with Crippen LogP contribution in [0.4, 0.5) is 5.69 Å². The van der Waals surface area contributed by atoms with E-state index in [0.717, 1.165) is 17.3 Å². The Morgan fingerprint density at radius 1 is 1.27 bits per heavy atom. The molecule has 2 heterocycles. The van der Waals surface area contributed by atoms with Crippen molar-refractivity contribution in [1.82, 2.24) is 19.7 Å². The number of amides is 1. The minimum absolute atomic E-state index is 0.162. The molecule has 0 aliphatic carbocycles. The van der Waals surface area contributed by atoms with Gasteiger partial charge in [0.1, 0.15) is 6.33 Å². The van der Waals surface area contributed by atoms with Gasteiger partial charge in [0.05, 0.1) is 9.82 Å². The number of hydrogen-bond donors (Lipinski definition) is 0. The average molecular weight is 427 g/mol. The van der Waals surface area contributed by atoms with Crippen LogP contribution in [0.1, 0.15) is 15.9 Å². The minimum Gasteiger partial charge on any atom is -0.454 e. The molecule has 0 unspecified atom stereocenters. The van der Waals surface area contributed by atoms with Gasteiger partial charge in [0.2, 0.25) is 6.79 Å². The van der Waals surface area contributed by atoms with Crippen LogP contribution in [0.25, 0.3) is 0 Å². The largest absolute Gasteiger partial charge is 0.454 e. The second-order valence-corrected chi connectivity index (χ2v) is 7.62. The summed E-state index contributed by atoms with van der Waals surface area (Å²) < 4.78 is 12.3. The van der Waals surface area contributed by atoms with Crippen LogP contribution in [0.5, 0.6) is 11.5 Å². The molecule has 3 aromatic rings. The molecule has 2 aromatic carbocycles. The molecule has 0 fully saturated rings. The van der Waals surface area contributed by atoms with E-state index in [0.29, 0.717) is 28.1 Å². The van der Waals surface area contributed by atoms with Crippen LogP contribution < -0.4 is 9.47 Å². The van der Waals surface area contributed by atoms with Crippen molar-refractivity contribution in [2.75, 3.05) is 13.8 Å². The molecule has 10 nitrogen and oxygen atoms in total. The van der Waals surface area contributed by atoms with Gasteiger partial charge in [-0.15, -0.1) is 10.2 Å². The summed E-state index contributed by atoms with van der Waals surface area (Å²) in [5.41, 5.74) is 0.927. The van der Waals surface area contributed by atoms with Gasteiger partial charge >= 0.3 is 0 Å². The molecule has 1 aliphatic heterocycles. The lowest BCUT2D eigenvalue weighted by molar-refractivity contribution is -0.387. The van der Waals surface area contributed by atoms with Crippen molar-refractivity contribution in [1.29, 1.82) is 0 Å². The van der Waals surface area contributed by atoms with Crippen LogP contribution in [0.3, 0.4) is 0 Å². The van der Waals surface area contributed by atoms with Gasteiger partial charge in [-0.25, -0.2) is 0 Å². The molecule has 11 heteroatoms. The Bertz CT molecular complexity index is 1130. The summed E-state index contributed by atoms with van der Waals surface area (Å²) in [5.74, 6) is 0.972. The second kappa shape index (κ2) is 8.03. The normalized spacial score (nSPS) is 12.1. The van der Waals surface area contributed by atoms with Crippen molar-refractivity contribution in [2.45, 2.75) is 16.6 Å². The second-order valence-electron chi connectivity index (χ2n) is 6.61. The molecule has 30 heavy (non-hydrogen) atoms. The van der Waals surface area contributed by atoms with E-state index in [1.165, 1.54) is 17.3 Å². The predicted octanol–water partition coefficient (Wildman–Crippen LogP) is 2.88. The first kappa shape index (κ1) is 19.7. The SMILES string of the molecule is CN(Cc1ccc2c(c1)OCO2)C(=O)c1ccc(Sc2nncn2C)c([N+](=O)[O-])c1. The third-order valence-corrected chi connectivity index (χ3v) is 5.59. The van der Waals surface area contributed by atoms with Gasteiger partial charge in [-0.3, -0.25) is 14.9 Å². The highest BCUT2D eigenvalue weighted by Crippen LogP contribution is 2.35. The lowest BCUT2D eigenvalue weighted by atomic mass is 10.1. The van der Waals surface area contributed by atoms with Gasteiger partial charge in [0.25, 0.3) is 11.6 Å². The molecule has 0 atom stereocenters. The molecule has 0 spiro atoms. The molecule has 0 saturated carbocycles. The van der Waals surface area contributed by atoms with Crippen molar-refractivity contribution in [2.24, 2.45) is 7.05 Å². The minimum atomic E-state index is -0.507. The van der Waals surface area contributed by atoms with Crippen LogP contribution in [-0.4, -0.2) is 44.3 Å². The zero-order valence-electron chi connectivity index (χ0n) is 16.1. The summed E-state index contributed by atoms with van der Waals surface area (Å²) in [7, 11) is 3.39. The van der Waals surface area contributed by atoms with E-state index in [1.54, 1.807) is 36.9 Å². The number of ether oxygens (including phenoxy) is 2. The van der Waals surface area contributed by atoms with Gasteiger partial charge in [-0.05, 0) is 41.6 Å². The molecule has 1 amide bonds. The fourth-order valence-electron chi connectivity index (χ4n) is 2.95. The summed E-state index contributed by atoms with van der Waals surface area (Å²) in [4.78, 5) is 25.8. The van der Waals surface area contributed by atoms with E-state index < -0.39 is 4.92 Å². The Hall–Kier alpha value is -3.60. The fourth-order valence-corrected chi connectivity index (χ4v) is 3.80.